The molecule has 0 saturated carbocycles. The van der Waals surface area contributed by atoms with E-state index in [1.807, 2.05) is 29.5 Å². The van der Waals surface area contributed by atoms with Crippen LogP contribution in [0.5, 0.6) is 0 Å². The molecule has 0 radical (unpaired) electrons. The van der Waals surface area contributed by atoms with Crippen LogP contribution in [0.25, 0.3) is 92.6 Å². The number of hydrogen-bond donors (Lipinski definition) is 0. The van der Waals surface area contributed by atoms with Crippen LogP contribution in [-0.4, -0.2) is 19.5 Å². The van der Waals surface area contributed by atoms with Crippen molar-refractivity contribution < 1.29 is 0 Å². The lowest BCUT2D eigenvalue weighted by Gasteiger charge is -2.17. The first-order valence-electron chi connectivity index (χ1n) is 16.0. The average molecular weight is 631 g/mol. The minimum absolute atomic E-state index is 0.641. The highest BCUT2D eigenvalue weighted by atomic mass is 32.1. The van der Waals surface area contributed by atoms with E-state index in [1.165, 1.54) is 30.9 Å². The van der Waals surface area contributed by atoms with Gasteiger partial charge in [0.05, 0.1) is 22.3 Å². The predicted octanol–water partition coefficient (Wildman–Crippen LogP) is 11.5. The van der Waals surface area contributed by atoms with E-state index in [0.29, 0.717) is 17.5 Å². The van der Waals surface area contributed by atoms with Gasteiger partial charge >= 0.3 is 0 Å². The van der Waals surface area contributed by atoms with Crippen LogP contribution in [0.15, 0.2) is 158 Å². The average Bonchev–Trinajstić information content (AvgIpc) is 3.70. The highest BCUT2D eigenvalue weighted by molar-refractivity contribution is 7.25. The maximum absolute atomic E-state index is 5.32. The molecule has 7 aromatic carbocycles. The second-order valence-electron chi connectivity index (χ2n) is 12.0. The van der Waals surface area contributed by atoms with Gasteiger partial charge in [0.25, 0.3) is 0 Å². The summed E-state index contributed by atoms with van der Waals surface area (Å²) in [6.45, 7) is 0. The molecular formula is C43H26N4S. The minimum Gasteiger partial charge on any atom is -0.308 e. The summed E-state index contributed by atoms with van der Waals surface area (Å²) >= 11 is 1.81. The highest BCUT2D eigenvalue weighted by Gasteiger charge is 2.21. The smallest absolute Gasteiger partial charge is 0.166 e. The van der Waals surface area contributed by atoms with Gasteiger partial charge in [-0.25, -0.2) is 15.0 Å². The Morgan fingerprint density at radius 1 is 0.396 bits per heavy atom. The molecule has 0 aliphatic rings. The van der Waals surface area contributed by atoms with Crippen molar-refractivity contribution in [2.75, 3.05) is 0 Å². The van der Waals surface area contributed by atoms with Crippen LogP contribution in [0.2, 0.25) is 0 Å². The Labute approximate surface area is 280 Å². The Hall–Kier alpha value is -6.17. The summed E-state index contributed by atoms with van der Waals surface area (Å²) in [4.78, 5) is 15.7. The number of hydrogen-bond acceptors (Lipinski definition) is 4. The maximum atomic E-state index is 5.32. The van der Waals surface area contributed by atoms with Crippen LogP contribution in [0.4, 0.5) is 0 Å². The van der Waals surface area contributed by atoms with Gasteiger partial charge in [0.1, 0.15) is 0 Å². The van der Waals surface area contributed by atoms with Crippen LogP contribution in [0, 0.1) is 0 Å². The van der Waals surface area contributed by atoms with E-state index in [0.717, 1.165) is 44.2 Å². The molecule has 4 nitrogen and oxygen atoms in total. The monoisotopic (exact) mass is 630 g/mol. The number of thiophene rings is 1. The van der Waals surface area contributed by atoms with Crippen molar-refractivity contribution in [1.29, 1.82) is 0 Å². The third-order valence-corrected chi connectivity index (χ3v) is 10.4. The normalized spacial score (nSPS) is 11.8. The van der Waals surface area contributed by atoms with Gasteiger partial charge < -0.3 is 4.57 Å². The number of aromatic nitrogens is 4. The summed E-state index contributed by atoms with van der Waals surface area (Å²) in [5.74, 6) is 1.94. The molecule has 0 unspecified atom stereocenters. The maximum Gasteiger partial charge on any atom is 0.166 e. The molecule has 48 heavy (non-hydrogen) atoms. The molecule has 3 aromatic heterocycles. The summed E-state index contributed by atoms with van der Waals surface area (Å²) < 4.78 is 4.89. The summed E-state index contributed by atoms with van der Waals surface area (Å²) in [6.07, 6.45) is 0. The van der Waals surface area contributed by atoms with Gasteiger partial charge in [-0.1, -0.05) is 115 Å². The fourth-order valence-electron chi connectivity index (χ4n) is 7.06. The Morgan fingerprint density at radius 3 is 1.75 bits per heavy atom. The zero-order valence-electron chi connectivity index (χ0n) is 25.7. The Morgan fingerprint density at radius 2 is 0.979 bits per heavy atom. The molecule has 3 heterocycles. The number of para-hydroxylation sites is 2. The van der Waals surface area contributed by atoms with Gasteiger partial charge in [0, 0.05) is 42.1 Å². The van der Waals surface area contributed by atoms with Gasteiger partial charge in [-0.2, -0.15) is 0 Å². The number of benzene rings is 7. The fraction of sp³-hybridized carbons (Fsp3) is 0. The molecule has 0 N–H and O–H groups in total. The summed E-state index contributed by atoms with van der Waals surface area (Å²) in [5.41, 5.74) is 6.20. The quantitative estimate of drug-likeness (QED) is 0.194. The number of fused-ring (bicyclic) bond motifs is 7. The molecule has 10 rings (SSSR count). The zero-order valence-corrected chi connectivity index (χ0v) is 26.5. The molecule has 5 heteroatoms. The highest BCUT2D eigenvalue weighted by Crippen LogP contribution is 2.40. The van der Waals surface area contributed by atoms with Gasteiger partial charge in [-0.05, 0) is 53.2 Å². The second-order valence-corrected chi connectivity index (χ2v) is 13.1. The van der Waals surface area contributed by atoms with Crippen molar-refractivity contribution in [3.63, 3.8) is 0 Å². The Kier molecular flexibility index (Phi) is 6.01. The van der Waals surface area contributed by atoms with E-state index in [-0.39, 0.29) is 0 Å². The molecule has 0 aliphatic carbocycles. The van der Waals surface area contributed by atoms with Crippen molar-refractivity contribution >= 4 is 64.1 Å². The van der Waals surface area contributed by atoms with Crippen molar-refractivity contribution in [1.82, 2.24) is 19.5 Å². The van der Waals surface area contributed by atoms with Crippen LogP contribution < -0.4 is 0 Å². The topological polar surface area (TPSA) is 43.6 Å². The molecule has 224 valence electrons. The molecule has 0 atom stereocenters. The van der Waals surface area contributed by atoms with Crippen LogP contribution in [0.3, 0.4) is 0 Å². The van der Waals surface area contributed by atoms with E-state index >= 15 is 0 Å². The molecule has 0 saturated heterocycles. The molecule has 0 bridgehead atoms. The summed E-state index contributed by atoms with van der Waals surface area (Å²) in [6, 6.07) is 55.5. The van der Waals surface area contributed by atoms with E-state index < -0.39 is 0 Å². The zero-order chi connectivity index (χ0) is 31.6. The number of nitrogens with zero attached hydrogens (tertiary/aromatic N) is 4. The van der Waals surface area contributed by atoms with Gasteiger partial charge in [0.15, 0.2) is 17.5 Å². The molecule has 10 aromatic rings. The van der Waals surface area contributed by atoms with E-state index in [4.69, 9.17) is 15.0 Å². The van der Waals surface area contributed by atoms with Crippen molar-refractivity contribution in [3.8, 4) is 39.9 Å². The lowest BCUT2D eigenvalue weighted by Crippen LogP contribution is -2.04. The van der Waals surface area contributed by atoms with E-state index in [1.54, 1.807) is 0 Å². The molecule has 0 spiro atoms. The molecule has 0 fully saturated rings. The lowest BCUT2D eigenvalue weighted by molar-refractivity contribution is 1.07. The number of rotatable bonds is 4. The first-order valence-corrected chi connectivity index (χ1v) is 16.9. The van der Waals surface area contributed by atoms with E-state index in [9.17, 15) is 0 Å². The standard InChI is InChI=1S/C43H26N4S/c1-2-13-28(14-3-1)41-44-42(29-23-25-39-34(26-29)33-18-8-11-21-38(33)48-39)46-43(45-41)40-30-15-5-4-12-27(30)22-24-37(40)47-35-19-9-6-16-31(35)32-17-7-10-20-36(32)47/h1-26H. The Bertz CT molecular complexity index is 2800. The van der Waals surface area contributed by atoms with Gasteiger partial charge in [-0.15, -0.1) is 11.3 Å². The van der Waals surface area contributed by atoms with Crippen molar-refractivity contribution in [2.24, 2.45) is 0 Å². The second kappa shape index (κ2) is 10.7. The lowest BCUT2D eigenvalue weighted by atomic mass is 10.0. The first kappa shape index (κ1) is 27.0. The van der Waals surface area contributed by atoms with Gasteiger partial charge in [-0.3, -0.25) is 0 Å². The summed E-state index contributed by atoms with van der Waals surface area (Å²) in [5, 5.41) is 7.11. The van der Waals surface area contributed by atoms with Gasteiger partial charge in [0.2, 0.25) is 0 Å². The van der Waals surface area contributed by atoms with Crippen LogP contribution in [-0.2, 0) is 0 Å². The third kappa shape index (κ3) is 4.18. The van der Waals surface area contributed by atoms with Crippen LogP contribution in [0.1, 0.15) is 0 Å². The van der Waals surface area contributed by atoms with Crippen molar-refractivity contribution in [2.45, 2.75) is 0 Å². The third-order valence-electron chi connectivity index (χ3n) is 9.25. The molecule has 0 amide bonds. The fourth-order valence-corrected chi connectivity index (χ4v) is 8.15. The largest absolute Gasteiger partial charge is 0.308 e. The predicted molar refractivity (Wildman–Crippen MR) is 201 cm³/mol. The Balaban J connectivity index is 1.30. The molecular weight excluding hydrogens is 605 g/mol. The molecule has 0 aliphatic heterocycles. The first-order chi connectivity index (χ1) is 23.8. The summed E-state index contributed by atoms with van der Waals surface area (Å²) in [7, 11) is 0. The minimum atomic E-state index is 0.641. The van der Waals surface area contributed by atoms with Crippen molar-refractivity contribution in [3.05, 3.63) is 158 Å². The SMILES string of the molecule is c1ccc(-c2nc(-c3ccc4sc5ccccc5c4c3)nc(-c3c(-n4c5ccccc5c5ccccc54)ccc4ccccc34)n2)cc1. The van der Waals surface area contributed by atoms with E-state index in [2.05, 4.69) is 144 Å². The van der Waals surface area contributed by atoms with Crippen LogP contribution >= 0.6 is 11.3 Å².